The van der Waals surface area contributed by atoms with Crippen LogP contribution in [0.2, 0.25) is 0 Å². The molecule has 0 saturated carbocycles. The number of anilines is 4. The fraction of sp³-hybridized carbons (Fsp3) is 0.130. The number of methoxy groups -OCH3 is 1. The van der Waals surface area contributed by atoms with E-state index in [2.05, 4.69) is 10.3 Å². The Bertz CT molecular complexity index is 1110. The molecule has 1 heterocycles. The summed E-state index contributed by atoms with van der Waals surface area (Å²) in [6, 6.07) is 19.9. The van der Waals surface area contributed by atoms with Crippen molar-refractivity contribution in [3.05, 3.63) is 72.3 Å². The van der Waals surface area contributed by atoms with Gasteiger partial charge in [-0.1, -0.05) is 30.3 Å². The maximum atomic E-state index is 12.3. The van der Waals surface area contributed by atoms with Crippen LogP contribution in [0.4, 0.5) is 28.4 Å². The number of hydrogen-bond donors (Lipinski definition) is 2. The van der Waals surface area contributed by atoms with Gasteiger partial charge in [0.1, 0.15) is 11.4 Å². The first-order valence-electron chi connectivity index (χ1n) is 9.42. The van der Waals surface area contributed by atoms with Gasteiger partial charge in [0.05, 0.1) is 35.4 Å². The molecule has 7 heteroatoms. The Morgan fingerprint density at radius 3 is 2.60 bits per heavy atom. The normalized spacial score (nSPS) is 13.2. The number of nitrogens with zero attached hydrogens (tertiary/aromatic N) is 2. The van der Waals surface area contributed by atoms with E-state index in [-0.39, 0.29) is 5.75 Å². The molecule has 0 bridgehead atoms. The number of para-hydroxylation sites is 5. The van der Waals surface area contributed by atoms with Crippen molar-refractivity contribution in [2.75, 3.05) is 17.3 Å². The molecule has 0 aliphatic carbocycles. The third kappa shape index (κ3) is 3.53. The molecular formula is C23H21N3O4. The number of aromatic hydroxyl groups is 1. The molecule has 0 aromatic heterocycles. The number of carbonyl (C=O) groups is 1. The fourth-order valence-corrected chi connectivity index (χ4v) is 3.41. The van der Waals surface area contributed by atoms with E-state index in [0.29, 0.717) is 16.9 Å². The van der Waals surface area contributed by atoms with Gasteiger partial charge in [0.2, 0.25) is 0 Å². The minimum absolute atomic E-state index is 0.0746. The van der Waals surface area contributed by atoms with E-state index in [9.17, 15) is 9.90 Å². The largest absolute Gasteiger partial charge is 0.506 e. The van der Waals surface area contributed by atoms with E-state index in [0.717, 1.165) is 17.1 Å². The number of aliphatic imine (C=N–C) groups is 1. The molecule has 0 spiro atoms. The molecule has 4 rings (SSSR count). The molecule has 0 amide bonds. The van der Waals surface area contributed by atoms with Gasteiger partial charge in [0, 0.05) is 0 Å². The summed E-state index contributed by atoms with van der Waals surface area (Å²) in [4.78, 5) is 18.5. The number of carbonyl (C=O) groups excluding carboxylic acids is 1. The van der Waals surface area contributed by atoms with E-state index in [1.165, 1.54) is 13.5 Å². The molecule has 7 nitrogen and oxygen atoms in total. The van der Waals surface area contributed by atoms with Gasteiger partial charge in [-0.25, -0.2) is 9.79 Å². The van der Waals surface area contributed by atoms with Crippen molar-refractivity contribution in [2.45, 2.75) is 13.2 Å². The molecule has 3 aromatic rings. The summed E-state index contributed by atoms with van der Waals surface area (Å²) < 4.78 is 10.8. The second-order valence-corrected chi connectivity index (χ2v) is 6.66. The van der Waals surface area contributed by atoms with Gasteiger partial charge >= 0.3 is 5.97 Å². The summed E-state index contributed by atoms with van der Waals surface area (Å²) in [6.07, 6.45) is 0.864. The Morgan fingerprint density at radius 2 is 1.80 bits per heavy atom. The van der Waals surface area contributed by atoms with Gasteiger partial charge in [-0.2, -0.15) is 0 Å². The van der Waals surface area contributed by atoms with Crippen LogP contribution < -0.4 is 10.2 Å². The summed E-state index contributed by atoms with van der Waals surface area (Å²) in [5, 5.41) is 13.2. The molecule has 1 unspecified atom stereocenters. The minimum atomic E-state index is -0.450. The monoisotopic (exact) mass is 403 g/mol. The number of phenols is 1. The Balaban J connectivity index is 1.69. The van der Waals surface area contributed by atoms with Crippen LogP contribution >= 0.6 is 0 Å². The zero-order valence-electron chi connectivity index (χ0n) is 16.6. The maximum absolute atomic E-state index is 12.3. The van der Waals surface area contributed by atoms with E-state index >= 15 is 0 Å². The zero-order valence-corrected chi connectivity index (χ0v) is 16.6. The highest BCUT2D eigenvalue weighted by Crippen LogP contribution is 2.46. The smallest absolute Gasteiger partial charge is 0.340 e. The van der Waals surface area contributed by atoms with Crippen molar-refractivity contribution < 1.29 is 19.4 Å². The lowest BCUT2D eigenvalue weighted by molar-refractivity contribution is 0.0602. The lowest BCUT2D eigenvalue weighted by Gasteiger charge is -2.37. The SMILES string of the molecule is COC(=O)c1cccc2c1Nc1ccccc1N2C(C)OC=Nc1ccccc1O. The van der Waals surface area contributed by atoms with Gasteiger partial charge in [-0.3, -0.25) is 0 Å². The van der Waals surface area contributed by atoms with Crippen molar-refractivity contribution in [3.63, 3.8) is 0 Å². The van der Waals surface area contributed by atoms with Crippen LogP contribution in [0, 0.1) is 0 Å². The Labute approximate surface area is 174 Å². The van der Waals surface area contributed by atoms with Gasteiger partial charge in [0.25, 0.3) is 0 Å². The predicted molar refractivity (Wildman–Crippen MR) is 116 cm³/mol. The van der Waals surface area contributed by atoms with Crippen molar-refractivity contribution in [3.8, 4) is 5.75 Å². The molecule has 30 heavy (non-hydrogen) atoms. The summed E-state index contributed by atoms with van der Waals surface area (Å²) in [7, 11) is 1.36. The molecular weight excluding hydrogens is 382 g/mol. The summed E-state index contributed by atoms with van der Waals surface area (Å²) in [5.41, 5.74) is 4.02. The number of fused-ring (bicyclic) bond motifs is 2. The van der Waals surface area contributed by atoms with Crippen LogP contribution in [0.5, 0.6) is 5.75 Å². The molecule has 1 aliphatic rings. The van der Waals surface area contributed by atoms with Gasteiger partial charge in [-0.05, 0) is 43.3 Å². The highest BCUT2D eigenvalue weighted by atomic mass is 16.5. The number of esters is 1. The van der Waals surface area contributed by atoms with E-state index < -0.39 is 12.2 Å². The second kappa shape index (κ2) is 8.16. The number of benzene rings is 3. The van der Waals surface area contributed by atoms with E-state index in [4.69, 9.17) is 9.47 Å². The van der Waals surface area contributed by atoms with Crippen LogP contribution in [-0.4, -0.2) is 30.8 Å². The third-order valence-electron chi connectivity index (χ3n) is 4.83. The third-order valence-corrected chi connectivity index (χ3v) is 4.83. The number of nitrogens with one attached hydrogen (secondary N) is 1. The lowest BCUT2D eigenvalue weighted by atomic mass is 10.0. The maximum Gasteiger partial charge on any atom is 0.340 e. The topological polar surface area (TPSA) is 83.4 Å². The molecule has 0 radical (unpaired) electrons. The number of phenolic OH excluding ortho intramolecular Hbond substituents is 1. The first-order valence-corrected chi connectivity index (χ1v) is 9.42. The quantitative estimate of drug-likeness (QED) is 0.350. The Hall–Kier alpha value is -4.00. The summed E-state index contributed by atoms with van der Waals surface area (Å²) >= 11 is 0. The first-order chi connectivity index (χ1) is 14.6. The molecule has 3 aromatic carbocycles. The fourth-order valence-electron chi connectivity index (χ4n) is 3.41. The number of rotatable bonds is 5. The first kappa shape index (κ1) is 19.3. The summed E-state index contributed by atoms with van der Waals surface area (Å²) in [5.74, 6) is -0.348. The number of hydrogen-bond acceptors (Lipinski definition) is 7. The zero-order chi connectivity index (χ0) is 21.1. The molecule has 0 fully saturated rings. The summed E-state index contributed by atoms with van der Waals surface area (Å²) in [6.45, 7) is 1.88. The number of ether oxygens (including phenoxy) is 2. The van der Waals surface area contributed by atoms with Crippen molar-refractivity contribution in [1.29, 1.82) is 0 Å². The molecule has 2 N–H and O–H groups in total. The molecule has 1 aliphatic heterocycles. The van der Waals surface area contributed by atoms with Gasteiger partial charge in [0.15, 0.2) is 12.6 Å². The average molecular weight is 403 g/mol. The van der Waals surface area contributed by atoms with E-state index in [1.54, 1.807) is 36.4 Å². The average Bonchev–Trinajstić information content (AvgIpc) is 2.77. The van der Waals surface area contributed by atoms with E-state index in [1.807, 2.05) is 42.2 Å². The lowest BCUT2D eigenvalue weighted by Crippen LogP contribution is -2.34. The van der Waals surface area contributed by atoms with Crippen molar-refractivity contribution in [2.24, 2.45) is 4.99 Å². The van der Waals surface area contributed by atoms with Crippen LogP contribution in [0.1, 0.15) is 17.3 Å². The predicted octanol–water partition coefficient (Wildman–Crippen LogP) is 5.10. The van der Waals surface area contributed by atoms with Crippen LogP contribution in [-0.2, 0) is 9.47 Å². The molecule has 1 atom stereocenters. The van der Waals surface area contributed by atoms with Crippen LogP contribution in [0.15, 0.2) is 71.7 Å². The second-order valence-electron chi connectivity index (χ2n) is 6.66. The minimum Gasteiger partial charge on any atom is -0.506 e. The standard InChI is InChI=1S/C23H21N3O4/c1-15(30-14-24-18-10-4-6-13-21(18)27)26-19-11-5-3-9-17(19)25-22-16(23(28)29-2)8-7-12-20(22)26/h3-15,25,27H,1-2H3. The van der Waals surface area contributed by atoms with Gasteiger partial charge in [-0.15, -0.1) is 0 Å². The Morgan fingerprint density at radius 1 is 1.07 bits per heavy atom. The van der Waals surface area contributed by atoms with Crippen molar-refractivity contribution in [1.82, 2.24) is 0 Å². The Kier molecular flexibility index (Phi) is 5.26. The van der Waals surface area contributed by atoms with Crippen LogP contribution in [0.3, 0.4) is 0 Å². The van der Waals surface area contributed by atoms with Gasteiger partial charge < -0.3 is 24.8 Å². The molecule has 152 valence electrons. The van der Waals surface area contributed by atoms with Crippen LogP contribution in [0.25, 0.3) is 0 Å². The highest BCUT2D eigenvalue weighted by molar-refractivity contribution is 6.04. The molecule has 0 saturated heterocycles. The highest BCUT2D eigenvalue weighted by Gasteiger charge is 2.30. The van der Waals surface area contributed by atoms with Crippen molar-refractivity contribution >= 4 is 40.8 Å².